The van der Waals surface area contributed by atoms with Crippen LogP contribution in [-0.2, 0) is 24.3 Å². The smallest absolute Gasteiger partial charge is 0.266 e. The van der Waals surface area contributed by atoms with Gasteiger partial charge in [-0.2, -0.15) is 0 Å². The molecule has 0 aliphatic carbocycles. The zero-order chi connectivity index (χ0) is 19.0. The summed E-state index contributed by atoms with van der Waals surface area (Å²) in [7, 11) is -3.89. The maximum Gasteiger partial charge on any atom is 0.266 e. The van der Waals surface area contributed by atoms with Crippen molar-refractivity contribution in [3.63, 3.8) is 0 Å². The summed E-state index contributed by atoms with van der Waals surface area (Å²) in [6, 6.07) is 0. The van der Waals surface area contributed by atoms with E-state index in [0.29, 0.717) is 32.5 Å². The molecule has 2 aliphatic rings. The molecule has 2 heterocycles. The van der Waals surface area contributed by atoms with Crippen molar-refractivity contribution in [2.24, 2.45) is 0 Å². The number of sulfonamides is 1. The van der Waals surface area contributed by atoms with Crippen molar-refractivity contribution in [1.82, 2.24) is 9.79 Å². The summed E-state index contributed by atoms with van der Waals surface area (Å²) >= 11 is 0. The lowest BCUT2D eigenvalue weighted by molar-refractivity contribution is -0.134. The predicted molar refractivity (Wildman–Crippen MR) is 96.3 cm³/mol. The molecular formula is C17H32N2O6S. The molecule has 152 valence electrons. The summed E-state index contributed by atoms with van der Waals surface area (Å²) in [5.74, 6) is -0.866. The highest BCUT2D eigenvalue weighted by molar-refractivity contribution is 7.91. The number of unbranched alkanes of at least 4 members (excludes halogenated alkanes) is 3. The van der Waals surface area contributed by atoms with Gasteiger partial charge in [-0.15, -0.1) is 0 Å². The van der Waals surface area contributed by atoms with E-state index < -0.39 is 20.7 Å². The fourth-order valence-electron chi connectivity index (χ4n) is 3.67. The van der Waals surface area contributed by atoms with Gasteiger partial charge in [-0.25, -0.2) is 18.2 Å². The number of carbonyl (C=O) groups excluding carboxylic acids is 1. The summed E-state index contributed by atoms with van der Waals surface area (Å²) in [4.78, 5) is 12.2. The topological polar surface area (TPSA) is 105 Å². The van der Waals surface area contributed by atoms with Crippen LogP contribution in [0.5, 0.6) is 0 Å². The molecular weight excluding hydrogens is 360 g/mol. The van der Waals surface area contributed by atoms with Gasteiger partial charge in [0.1, 0.15) is 0 Å². The van der Waals surface area contributed by atoms with E-state index in [4.69, 9.17) is 14.7 Å². The highest BCUT2D eigenvalue weighted by Crippen LogP contribution is 2.34. The van der Waals surface area contributed by atoms with Gasteiger partial charge in [0, 0.05) is 45.8 Å². The Morgan fingerprint density at radius 2 is 1.88 bits per heavy atom. The Hall–Kier alpha value is -0.740. The molecule has 2 saturated heterocycles. The van der Waals surface area contributed by atoms with Crippen molar-refractivity contribution in [3.05, 3.63) is 0 Å². The van der Waals surface area contributed by atoms with E-state index in [9.17, 15) is 13.2 Å². The van der Waals surface area contributed by atoms with Gasteiger partial charge >= 0.3 is 0 Å². The van der Waals surface area contributed by atoms with Crippen LogP contribution < -0.4 is 5.48 Å². The van der Waals surface area contributed by atoms with Crippen LogP contribution in [0, 0.1) is 0 Å². The summed E-state index contributed by atoms with van der Waals surface area (Å²) in [6.07, 6.45) is 6.01. The Labute approximate surface area is 156 Å². The Bertz CT molecular complexity index is 539. The van der Waals surface area contributed by atoms with Crippen LogP contribution in [0.15, 0.2) is 0 Å². The van der Waals surface area contributed by atoms with E-state index in [0.717, 1.165) is 12.8 Å². The van der Waals surface area contributed by atoms with Crippen LogP contribution in [0.25, 0.3) is 0 Å². The molecule has 0 atom stereocenters. The lowest BCUT2D eigenvalue weighted by atomic mass is 9.98. The molecule has 2 fully saturated rings. The van der Waals surface area contributed by atoms with Crippen molar-refractivity contribution in [1.29, 1.82) is 0 Å². The maximum atomic E-state index is 13.2. The van der Waals surface area contributed by atoms with E-state index in [1.807, 2.05) is 0 Å². The van der Waals surface area contributed by atoms with E-state index in [1.54, 1.807) is 5.48 Å². The number of hydrogen-bond acceptors (Lipinski definition) is 6. The van der Waals surface area contributed by atoms with Gasteiger partial charge in [0.15, 0.2) is 4.75 Å². The largest absolute Gasteiger partial charge is 0.381 e. The minimum Gasteiger partial charge on any atom is -0.381 e. The van der Waals surface area contributed by atoms with Crippen molar-refractivity contribution < 1.29 is 27.9 Å². The van der Waals surface area contributed by atoms with E-state index >= 15 is 0 Å². The number of hydrogen-bond donors (Lipinski definition) is 2. The molecule has 0 bridgehead atoms. The molecule has 2 N–H and O–H groups in total. The van der Waals surface area contributed by atoms with Crippen LogP contribution in [0.3, 0.4) is 0 Å². The van der Waals surface area contributed by atoms with Crippen LogP contribution in [0.1, 0.15) is 58.3 Å². The molecule has 8 nitrogen and oxygen atoms in total. The minimum absolute atomic E-state index is 0.0512. The molecule has 2 aliphatic heterocycles. The molecule has 0 unspecified atom stereocenters. The van der Waals surface area contributed by atoms with Crippen molar-refractivity contribution in [2.75, 3.05) is 32.9 Å². The first-order chi connectivity index (χ1) is 12.5. The molecule has 1 amide bonds. The Morgan fingerprint density at radius 1 is 1.23 bits per heavy atom. The third-order valence-corrected chi connectivity index (χ3v) is 8.03. The summed E-state index contributed by atoms with van der Waals surface area (Å²) < 4.78 is 37.1. The third kappa shape index (κ3) is 4.75. The normalized spacial score (nSPS) is 22.2. The number of piperidine rings is 1. The number of nitrogens with one attached hydrogen (secondary N) is 1. The molecule has 0 aromatic carbocycles. The zero-order valence-corrected chi connectivity index (χ0v) is 16.4. The predicted octanol–water partition coefficient (Wildman–Crippen LogP) is 1.43. The number of carbonyl (C=O) groups is 1. The summed E-state index contributed by atoms with van der Waals surface area (Å²) in [6.45, 7) is 3.92. The second-order valence-electron chi connectivity index (χ2n) is 7.08. The molecule has 0 radical (unpaired) electrons. The standard InChI is InChI=1S/C17H32N2O6S/c1-2-3-4-5-12-25-15-6-10-19(11-7-15)26(22,23)17(16(20)18-21)8-13-24-14-9-17/h15,21H,2-14H2,1H3,(H,18,20). The molecule has 0 aromatic rings. The lowest BCUT2D eigenvalue weighted by Gasteiger charge is -2.40. The second kappa shape index (κ2) is 9.98. The zero-order valence-electron chi connectivity index (χ0n) is 15.6. The lowest BCUT2D eigenvalue weighted by Crippen LogP contribution is -2.60. The summed E-state index contributed by atoms with van der Waals surface area (Å²) in [5, 5.41) is 9.07. The van der Waals surface area contributed by atoms with Crippen molar-refractivity contribution in [2.45, 2.75) is 69.1 Å². The van der Waals surface area contributed by atoms with E-state index in [-0.39, 0.29) is 32.2 Å². The Kier molecular flexibility index (Phi) is 8.28. The van der Waals surface area contributed by atoms with Crippen LogP contribution in [-0.4, -0.2) is 67.6 Å². The van der Waals surface area contributed by atoms with Gasteiger partial charge in [-0.05, 0) is 19.3 Å². The number of rotatable bonds is 9. The van der Waals surface area contributed by atoms with Gasteiger partial charge in [0.05, 0.1) is 6.10 Å². The number of hydroxylamine groups is 1. The molecule has 0 aromatic heterocycles. The maximum absolute atomic E-state index is 13.2. The van der Waals surface area contributed by atoms with Crippen LogP contribution >= 0.6 is 0 Å². The first kappa shape index (κ1) is 21.6. The fourth-order valence-corrected chi connectivity index (χ4v) is 5.82. The van der Waals surface area contributed by atoms with Gasteiger partial charge in [0.25, 0.3) is 5.91 Å². The average Bonchev–Trinajstić information content (AvgIpc) is 2.68. The second-order valence-corrected chi connectivity index (χ2v) is 9.33. The van der Waals surface area contributed by atoms with Crippen molar-refractivity contribution in [3.8, 4) is 0 Å². The average molecular weight is 393 g/mol. The molecule has 0 spiro atoms. The number of ether oxygens (including phenoxy) is 2. The SMILES string of the molecule is CCCCCCOC1CCN(S(=O)(=O)C2(C(=O)NO)CCOCC2)CC1. The molecule has 9 heteroatoms. The third-order valence-electron chi connectivity index (χ3n) is 5.40. The molecule has 26 heavy (non-hydrogen) atoms. The first-order valence-corrected chi connectivity index (χ1v) is 11.1. The highest BCUT2D eigenvalue weighted by atomic mass is 32.2. The van der Waals surface area contributed by atoms with Gasteiger partial charge in [0.2, 0.25) is 10.0 Å². The van der Waals surface area contributed by atoms with Crippen LogP contribution in [0.4, 0.5) is 0 Å². The van der Waals surface area contributed by atoms with Gasteiger partial charge in [-0.3, -0.25) is 10.0 Å². The number of amides is 1. The highest BCUT2D eigenvalue weighted by Gasteiger charge is 2.54. The Morgan fingerprint density at radius 3 is 2.46 bits per heavy atom. The molecule has 0 saturated carbocycles. The minimum atomic E-state index is -3.89. The monoisotopic (exact) mass is 392 g/mol. The molecule has 2 rings (SSSR count). The fraction of sp³-hybridized carbons (Fsp3) is 0.941. The number of nitrogens with zero attached hydrogens (tertiary/aromatic N) is 1. The van der Waals surface area contributed by atoms with Crippen LogP contribution in [0.2, 0.25) is 0 Å². The Balaban J connectivity index is 1.92. The van der Waals surface area contributed by atoms with Crippen molar-refractivity contribution >= 4 is 15.9 Å². The van der Waals surface area contributed by atoms with Gasteiger partial charge < -0.3 is 9.47 Å². The van der Waals surface area contributed by atoms with Gasteiger partial charge in [-0.1, -0.05) is 26.2 Å². The summed E-state index contributed by atoms with van der Waals surface area (Å²) in [5.41, 5.74) is 1.55. The van der Waals surface area contributed by atoms with E-state index in [1.165, 1.54) is 17.1 Å². The van der Waals surface area contributed by atoms with E-state index in [2.05, 4.69) is 6.92 Å². The first-order valence-electron chi connectivity index (χ1n) is 9.61. The quantitative estimate of drug-likeness (QED) is 0.349.